The maximum Gasteiger partial charge on any atom is 0.335 e. The van der Waals surface area contributed by atoms with E-state index in [1.807, 2.05) is 18.7 Å². The van der Waals surface area contributed by atoms with Crippen LogP contribution in [0.4, 0.5) is 10.8 Å². The molecule has 0 radical (unpaired) electrons. The molecular weight excluding hydrogens is 392 g/mol. The van der Waals surface area contributed by atoms with Gasteiger partial charge in [-0.15, -0.1) is 11.3 Å². The first-order valence-electron chi connectivity index (χ1n) is 9.42. The molecule has 1 aromatic heterocycles. The van der Waals surface area contributed by atoms with Gasteiger partial charge >= 0.3 is 5.97 Å². The third kappa shape index (κ3) is 5.61. The molecule has 29 heavy (non-hydrogen) atoms. The highest BCUT2D eigenvalue weighted by molar-refractivity contribution is 7.15. The minimum absolute atomic E-state index is 0.123. The summed E-state index contributed by atoms with van der Waals surface area (Å²) in [5.41, 5.74) is 1.49. The van der Waals surface area contributed by atoms with Crippen molar-refractivity contribution in [3.05, 3.63) is 40.4 Å². The van der Waals surface area contributed by atoms with Gasteiger partial charge in [-0.1, -0.05) is 6.07 Å². The number of anilines is 2. The van der Waals surface area contributed by atoms with Crippen LogP contribution in [0.5, 0.6) is 0 Å². The molecule has 2 heterocycles. The minimum atomic E-state index is -1.04. The molecule has 8 nitrogen and oxygen atoms in total. The Kier molecular flexibility index (Phi) is 6.60. The second kappa shape index (κ2) is 9.15. The molecule has 0 spiro atoms. The maximum atomic E-state index is 12.6. The number of aromatic carboxylic acids is 1. The van der Waals surface area contributed by atoms with Crippen molar-refractivity contribution >= 4 is 39.9 Å². The highest BCUT2D eigenvalue weighted by Crippen LogP contribution is 2.22. The number of hydrogen-bond donors (Lipinski definition) is 3. The standard InChI is InChI=1S/C20H24N4O4S/c1-12-13(2)29-20(21-12)23-17(25)11-24-8-4-6-15(10-24)18(26)22-16-7-3-5-14(9-16)19(27)28/h3,5,7,9,15H,4,6,8,10-11H2,1-2H3,(H,22,26)(H,27,28)(H,21,23,25). The smallest absolute Gasteiger partial charge is 0.335 e. The second-order valence-corrected chi connectivity index (χ2v) is 8.36. The van der Waals surface area contributed by atoms with Crippen molar-refractivity contribution in [2.24, 2.45) is 5.92 Å². The van der Waals surface area contributed by atoms with Crippen LogP contribution in [0.15, 0.2) is 24.3 Å². The Morgan fingerprint density at radius 3 is 2.76 bits per heavy atom. The Hall–Kier alpha value is -2.78. The average Bonchev–Trinajstić information content (AvgIpc) is 2.99. The quantitative estimate of drug-likeness (QED) is 0.668. The monoisotopic (exact) mass is 416 g/mol. The van der Waals surface area contributed by atoms with Gasteiger partial charge in [0.05, 0.1) is 23.7 Å². The number of nitrogens with one attached hydrogen (secondary N) is 2. The second-order valence-electron chi connectivity index (χ2n) is 7.16. The van der Waals surface area contributed by atoms with Gasteiger partial charge in [0, 0.05) is 17.1 Å². The Labute approximate surface area is 172 Å². The van der Waals surface area contributed by atoms with E-state index in [0.717, 1.165) is 30.0 Å². The SMILES string of the molecule is Cc1nc(NC(=O)CN2CCCC(C(=O)Nc3cccc(C(=O)O)c3)C2)sc1C. The number of aryl methyl sites for hydroxylation is 2. The molecule has 1 fully saturated rings. The summed E-state index contributed by atoms with van der Waals surface area (Å²) in [7, 11) is 0. The zero-order chi connectivity index (χ0) is 21.0. The van der Waals surface area contributed by atoms with Crippen molar-refractivity contribution in [1.29, 1.82) is 0 Å². The van der Waals surface area contributed by atoms with Gasteiger partial charge in [0.25, 0.3) is 0 Å². The number of piperidine rings is 1. The van der Waals surface area contributed by atoms with Crippen LogP contribution < -0.4 is 10.6 Å². The van der Waals surface area contributed by atoms with E-state index in [1.165, 1.54) is 23.5 Å². The van der Waals surface area contributed by atoms with Crippen molar-refractivity contribution < 1.29 is 19.5 Å². The number of aromatic nitrogens is 1. The predicted molar refractivity (Wildman–Crippen MR) is 111 cm³/mol. The maximum absolute atomic E-state index is 12.6. The van der Waals surface area contributed by atoms with E-state index in [4.69, 9.17) is 5.11 Å². The summed E-state index contributed by atoms with van der Waals surface area (Å²) in [5, 5.41) is 15.3. The Bertz CT molecular complexity index is 907. The zero-order valence-electron chi connectivity index (χ0n) is 16.4. The molecule has 1 aromatic carbocycles. The number of carbonyl (C=O) groups excluding carboxylic acids is 2. The molecule has 1 saturated heterocycles. The highest BCUT2D eigenvalue weighted by Gasteiger charge is 2.27. The lowest BCUT2D eigenvalue weighted by Gasteiger charge is -2.31. The number of likely N-dealkylation sites (tertiary alicyclic amines) is 1. The number of nitrogens with zero attached hydrogens (tertiary/aromatic N) is 2. The lowest BCUT2D eigenvalue weighted by molar-refractivity contribution is -0.123. The van der Waals surface area contributed by atoms with Crippen molar-refractivity contribution in [2.45, 2.75) is 26.7 Å². The van der Waals surface area contributed by atoms with Gasteiger partial charge in [-0.25, -0.2) is 9.78 Å². The molecular formula is C20H24N4O4S. The molecule has 0 bridgehead atoms. The molecule has 1 atom stereocenters. The van der Waals surface area contributed by atoms with E-state index in [9.17, 15) is 14.4 Å². The third-order valence-corrected chi connectivity index (χ3v) is 5.88. The summed E-state index contributed by atoms with van der Waals surface area (Å²) in [6, 6.07) is 6.17. The van der Waals surface area contributed by atoms with Crippen LogP contribution in [0.3, 0.4) is 0 Å². The molecule has 2 amide bonds. The van der Waals surface area contributed by atoms with E-state index in [0.29, 0.717) is 17.4 Å². The Morgan fingerprint density at radius 2 is 2.07 bits per heavy atom. The first-order chi connectivity index (χ1) is 13.8. The van der Waals surface area contributed by atoms with Gasteiger partial charge in [0.1, 0.15) is 0 Å². The summed E-state index contributed by atoms with van der Waals surface area (Å²) in [6.45, 7) is 5.30. The Morgan fingerprint density at radius 1 is 1.28 bits per heavy atom. The van der Waals surface area contributed by atoms with Crippen LogP contribution in [0.25, 0.3) is 0 Å². The fourth-order valence-corrected chi connectivity index (χ4v) is 4.11. The van der Waals surface area contributed by atoms with Crippen LogP contribution in [0.2, 0.25) is 0 Å². The van der Waals surface area contributed by atoms with Gasteiger partial charge in [0.15, 0.2) is 5.13 Å². The van der Waals surface area contributed by atoms with Crippen molar-refractivity contribution in [1.82, 2.24) is 9.88 Å². The predicted octanol–water partition coefficient (Wildman–Crippen LogP) is 2.75. The van der Waals surface area contributed by atoms with E-state index >= 15 is 0 Å². The summed E-state index contributed by atoms with van der Waals surface area (Å²) in [4.78, 5) is 43.4. The van der Waals surface area contributed by atoms with E-state index in [1.54, 1.807) is 12.1 Å². The van der Waals surface area contributed by atoms with Gasteiger partial charge in [-0.2, -0.15) is 0 Å². The number of carboxylic acids is 1. The molecule has 3 N–H and O–H groups in total. The number of carbonyl (C=O) groups is 3. The lowest BCUT2D eigenvalue weighted by atomic mass is 9.97. The molecule has 154 valence electrons. The Balaban J connectivity index is 1.54. The summed E-state index contributed by atoms with van der Waals surface area (Å²) < 4.78 is 0. The first kappa shape index (κ1) is 20.9. The van der Waals surface area contributed by atoms with Crippen LogP contribution in [0.1, 0.15) is 33.8 Å². The van der Waals surface area contributed by atoms with E-state index in [-0.39, 0.29) is 29.8 Å². The highest BCUT2D eigenvalue weighted by atomic mass is 32.1. The van der Waals surface area contributed by atoms with E-state index < -0.39 is 5.97 Å². The lowest BCUT2D eigenvalue weighted by Crippen LogP contribution is -2.44. The molecule has 3 rings (SSSR count). The molecule has 9 heteroatoms. The first-order valence-corrected chi connectivity index (χ1v) is 10.2. The normalized spacial score (nSPS) is 17.0. The summed E-state index contributed by atoms with van der Waals surface area (Å²) in [5.74, 6) is -1.60. The number of benzene rings is 1. The molecule has 0 aliphatic carbocycles. The number of rotatable bonds is 6. The number of carboxylic acid groups (broad SMARTS) is 1. The largest absolute Gasteiger partial charge is 0.478 e. The topological polar surface area (TPSA) is 112 Å². The van der Waals surface area contributed by atoms with Crippen LogP contribution >= 0.6 is 11.3 Å². The minimum Gasteiger partial charge on any atom is -0.478 e. The fourth-order valence-electron chi connectivity index (χ4n) is 3.28. The third-order valence-electron chi connectivity index (χ3n) is 4.90. The molecule has 1 aliphatic heterocycles. The van der Waals surface area contributed by atoms with Gasteiger partial charge in [0.2, 0.25) is 11.8 Å². The molecule has 0 saturated carbocycles. The number of hydrogen-bond acceptors (Lipinski definition) is 6. The zero-order valence-corrected chi connectivity index (χ0v) is 17.2. The van der Waals surface area contributed by atoms with Gasteiger partial charge in [-0.05, 0) is 51.4 Å². The summed E-state index contributed by atoms with van der Waals surface area (Å²) in [6.07, 6.45) is 1.55. The van der Waals surface area contributed by atoms with Crippen LogP contribution in [-0.2, 0) is 9.59 Å². The molecule has 1 aliphatic rings. The summed E-state index contributed by atoms with van der Waals surface area (Å²) >= 11 is 1.45. The van der Waals surface area contributed by atoms with E-state index in [2.05, 4.69) is 15.6 Å². The van der Waals surface area contributed by atoms with Crippen molar-refractivity contribution in [2.75, 3.05) is 30.3 Å². The average molecular weight is 417 g/mol. The van der Waals surface area contributed by atoms with Gasteiger partial charge in [-0.3, -0.25) is 14.5 Å². The van der Waals surface area contributed by atoms with Crippen LogP contribution in [-0.4, -0.2) is 52.4 Å². The molecule has 2 aromatic rings. The van der Waals surface area contributed by atoms with Crippen molar-refractivity contribution in [3.8, 4) is 0 Å². The van der Waals surface area contributed by atoms with Crippen molar-refractivity contribution in [3.63, 3.8) is 0 Å². The fraction of sp³-hybridized carbons (Fsp3) is 0.400. The number of amides is 2. The van der Waals surface area contributed by atoms with Crippen LogP contribution in [0, 0.1) is 19.8 Å². The van der Waals surface area contributed by atoms with Gasteiger partial charge < -0.3 is 15.7 Å². The number of thiazole rings is 1. The molecule has 1 unspecified atom stereocenters.